The zero-order valence-corrected chi connectivity index (χ0v) is 11.8. The first-order valence-electron chi connectivity index (χ1n) is 6.78. The summed E-state index contributed by atoms with van der Waals surface area (Å²) in [5, 5.41) is 4.68. The highest BCUT2D eigenvalue weighted by Gasteiger charge is 2.18. The lowest BCUT2D eigenvalue weighted by Gasteiger charge is -2.15. The summed E-state index contributed by atoms with van der Waals surface area (Å²) < 4.78 is 5.48. The lowest BCUT2D eigenvalue weighted by atomic mass is 9.95. The van der Waals surface area contributed by atoms with Crippen molar-refractivity contribution in [3.8, 4) is 5.75 Å². The van der Waals surface area contributed by atoms with E-state index in [4.69, 9.17) is 4.74 Å². The Morgan fingerprint density at radius 3 is 2.74 bits per heavy atom. The van der Waals surface area contributed by atoms with E-state index in [0.29, 0.717) is 0 Å². The number of fused-ring (bicyclic) bond motifs is 1. The predicted molar refractivity (Wildman–Crippen MR) is 79.8 cm³/mol. The van der Waals surface area contributed by atoms with E-state index in [1.807, 2.05) is 6.07 Å². The van der Waals surface area contributed by atoms with Crippen molar-refractivity contribution in [2.45, 2.75) is 20.3 Å². The van der Waals surface area contributed by atoms with Crippen molar-refractivity contribution in [2.24, 2.45) is 0 Å². The third kappa shape index (κ3) is 1.94. The van der Waals surface area contributed by atoms with Crippen LogP contribution in [0.1, 0.15) is 23.2 Å². The molecule has 0 atom stereocenters. The van der Waals surface area contributed by atoms with Crippen LogP contribution in [-0.2, 0) is 0 Å². The number of aromatic amines is 1. The smallest absolute Gasteiger partial charge is 0.142 e. The summed E-state index contributed by atoms with van der Waals surface area (Å²) in [4.78, 5) is 3.50. The molecule has 3 nitrogen and oxygen atoms in total. The molecule has 3 heteroatoms. The molecule has 0 unspecified atom stereocenters. The molecule has 0 saturated carbocycles. The van der Waals surface area contributed by atoms with Gasteiger partial charge in [0.1, 0.15) is 5.75 Å². The summed E-state index contributed by atoms with van der Waals surface area (Å²) >= 11 is 0. The lowest BCUT2D eigenvalue weighted by Crippen LogP contribution is -2.20. The van der Waals surface area contributed by atoms with Crippen molar-refractivity contribution in [3.63, 3.8) is 0 Å². The fraction of sp³-hybridized carbons (Fsp3) is 0.375. The summed E-state index contributed by atoms with van der Waals surface area (Å²) in [6.45, 7) is 6.34. The van der Waals surface area contributed by atoms with Crippen LogP contribution < -0.4 is 10.1 Å². The van der Waals surface area contributed by atoms with Crippen LogP contribution in [-0.4, -0.2) is 25.2 Å². The highest BCUT2D eigenvalue weighted by Crippen LogP contribution is 2.37. The van der Waals surface area contributed by atoms with Gasteiger partial charge in [0, 0.05) is 23.2 Å². The highest BCUT2D eigenvalue weighted by atomic mass is 16.5. The molecule has 1 aliphatic heterocycles. The molecule has 19 heavy (non-hydrogen) atoms. The Labute approximate surface area is 113 Å². The standard InChI is InChI=1S/C16H20N2O/c1-10-4-5-13(19-3)16-14(10)15(11(2)18-16)12-6-8-17-9-7-12/h4-6,17-18H,7-9H2,1-3H3. The number of rotatable bonds is 2. The van der Waals surface area contributed by atoms with Crippen LogP contribution in [0.4, 0.5) is 0 Å². The number of aromatic nitrogens is 1. The first kappa shape index (κ1) is 12.3. The Kier molecular flexibility index (Phi) is 3.07. The van der Waals surface area contributed by atoms with E-state index in [-0.39, 0.29) is 0 Å². The summed E-state index contributed by atoms with van der Waals surface area (Å²) in [5.74, 6) is 0.921. The van der Waals surface area contributed by atoms with Gasteiger partial charge in [-0.25, -0.2) is 0 Å². The third-order valence-electron chi connectivity index (χ3n) is 3.92. The van der Waals surface area contributed by atoms with E-state index in [1.54, 1.807) is 7.11 Å². The largest absolute Gasteiger partial charge is 0.495 e. The number of nitrogens with one attached hydrogen (secondary N) is 2. The molecule has 2 heterocycles. The number of H-pyrrole nitrogens is 1. The minimum atomic E-state index is 0.921. The molecule has 100 valence electrons. The molecule has 0 aliphatic carbocycles. The van der Waals surface area contributed by atoms with Gasteiger partial charge in [0.2, 0.25) is 0 Å². The SMILES string of the molecule is COc1ccc(C)c2c(C3=CCNCC3)c(C)[nH]c12. The van der Waals surface area contributed by atoms with Crippen molar-refractivity contribution in [1.29, 1.82) is 0 Å². The van der Waals surface area contributed by atoms with Crippen molar-refractivity contribution >= 4 is 16.5 Å². The zero-order valence-electron chi connectivity index (χ0n) is 11.8. The number of benzene rings is 1. The summed E-state index contributed by atoms with van der Waals surface area (Å²) in [6, 6.07) is 4.17. The molecular formula is C16H20N2O. The Balaban J connectivity index is 2.29. The second-order valence-corrected chi connectivity index (χ2v) is 5.14. The quantitative estimate of drug-likeness (QED) is 0.866. The van der Waals surface area contributed by atoms with Crippen LogP contribution >= 0.6 is 0 Å². The van der Waals surface area contributed by atoms with Gasteiger partial charge in [0.05, 0.1) is 12.6 Å². The van der Waals surface area contributed by atoms with Gasteiger partial charge in [-0.15, -0.1) is 0 Å². The lowest BCUT2D eigenvalue weighted by molar-refractivity contribution is 0.419. The molecule has 2 aromatic rings. The second-order valence-electron chi connectivity index (χ2n) is 5.14. The maximum Gasteiger partial charge on any atom is 0.142 e. The Morgan fingerprint density at radius 2 is 2.05 bits per heavy atom. The van der Waals surface area contributed by atoms with E-state index >= 15 is 0 Å². The van der Waals surface area contributed by atoms with Crippen molar-refractivity contribution in [1.82, 2.24) is 10.3 Å². The first-order chi connectivity index (χ1) is 9.22. The van der Waals surface area contributed by atoms with Gasteiger partial charge in [-0.3, -0.25) is 0 Å². The molecule has 2 N–H and O–H groups in total. The highest BCUT2D eigenvalue weighted by molar-refractivity contribution is 5.99. The number of hydrogen-bond acceptors (Lipinski definition) is 2. The van der Waals surface area contributed by atoms with Crippen LogP contribution in [0.3, 0.4) is 0 Å². The number of methoxy groups -OCH3 is 1. The Morgan fingerprint density at radius 1 is 1.21 bits per heavy atom. The zero-order chi connectivity index (χ0) is 13.4. The van der Waals surface area contributed by atoms with Gasteiger partial charge in [0.25, 0.3) is 0 Å². The third-order valence-corrected chi connectivity index (χ3v) is 3.92. The van der Waals surface area contributed by atoms with Gasteiger partial charge in [-0.1, -0.05) is 12.1 Å². The van der Waals surface area contributed by atoms with Gasteiger partial charge < -0.3 is 15.0 Å². The molecule has 0 spiro atoms. The molecular weight excluding hydrogens is 236 g/mol. The second kappa shape index (κ2) is 4.74. The van der Waals surface area contributed by atoms with E-state index in [0.717, 1.165) is 30.8 Å². The Bertz CT molecular complexity index is 652. The van der Waals surface area contributed by atoms with Crippen LogP contribution in [0.15, 0.2) is 18.2 Å². The van der Waals surface area contributed by atoms with E-state index < -0.39 is 0 Å². The molecule has 1 aliphatic rings. The maximum atomic E-state index is 5.48. The van der Waals surface area contributed by atoms with Crippen molar-refractivity contribution < 1.29 is 4.74 Å². The average Bonchev–Trinajstić information content (AvgIpc) is 2.78. The molecule has 0 fully saturated rings. The monoisotopic (exact) mass is 256 g/mol. The van der Waals surface area contributed by atoms with Gasteiger partial charge in [0.15, 0.2) is 0 Å². The molecule has 0 amide bonds. The molecule has 1 aromatic heterocycles. The van der Waals surface area contributed by atoms with Gasteiger partial charge >= 0.3 is 0 Å². The van der Waals surface area contributed by atoms with Crippen LogP contribution in [0, 0.1) is 13.8 Å². The fourth-order valence-electron chi connectivity index (χ4n) is 2.99. The molecule has 1 aromatic carbocycles. The minimum Gasteiger partial charge on any atom is -0.495 e. The normalized spacial score (nSPS) is 15.6. The van der Waals surface area contributed by atoms with Gasteiger partial charge in [-0.05, 0) is 44.0 Å². The number of aryl methyl sites for hydroxylation is 2. The van der Waals surface area contributed by atoms with Crippen molar-refractivity contribution in [2.75, 3.05) is 20.2 Å². The van der Waals surface area contributed by atoms with Crippen LogP contribution in [0.2, 0.25) is 0 Å². The topological polar surface area (TPSA) is 37.0 Å². The number of hydrogen-bond donors (Lipinski definition) is 2. The molecule has 0 radical (unpaired) electrons. The van der Waals surface area contributed by atoms with Crippen LogP contribution in [0.25, 0.3) is 16.5 Å². The van der Waals surface area contributed by atoms with E-state index in [1.165, 1.54) is 27.8 Å². The molecule has 0 saturated heterocycles. The van der Waals surface area contributed by atoms with Gasteiger partial charge in [-0.2, -0.15) is 0 Å². The minimum absolute atomic E-state index is 0.921. The summed E-state index contributed by atoms with van der Waals surface area (Å²) in [5.41, 5.74) is 6.46. The predicted octanol–water partition coefficient (Wildman–Crippen LogP) is 3.17. The van der Waals surface area contributed by atoms with Crippen LogP contribution in [0.5, 0.6) is 5.75 Å². The fourth-order valence-corrected chi connectivity index (χ4v) is 2.99. The van der Waals surface area contributed by atoms with Crippen molar-refractivity contribution in [3.05, 3.63) is 35.0 Å². The van der Waals surface area contributed by atoms with E-state index in [2.05, 4.69) is 36.3 Å². The van der Waals surface area contributed by atoms with E-state index in [9.17, 15) is 0 Å². The molecule has 0 bridgehead atoms. The Hall–Kier alpha value is -1.74. The maximum absolute atomic E-state index is 5.48. The first-order valence-corrected chi connectivity index (χ1v) is 6.78. The summed E-state index contributed by atoms with van der Waals surface area (Å²) in [7, 11) is 1.73. The average molecular weight is 256 g/mol. The number of ether oxygens (including phenoxy) is 1. The summed E-state index contributed by atoms with van der Waals surface area (Å²) in [6.07, 6.45) is 3.39. The molecule has 3 rings (SSSR count).